The maximum Gasteiger partial charge on any atom is 0.305 e. The molecule has 0 aromatic carbocycles. The van der Waals surface area contributed by atoms with Crippen LogP contribution in [0.5, 0.6) is 0 Å². The van der Waals surface area contributed by atoms with Crippen molar-refractivity contribution in [3.63, 3.8) is 0 Å². The molecule has 3 rings (SSSR count). The molecule has 0 bridgehead atoms. The van der Waals surface area contributed by atoms with Gasteiger partial charge >= 0.3 is 5.97 Å². The van der Waals surface area contributed by atoms with E-state index >= 15 is 0 Å². The van der Waals surface area contributed by atoms with Gasteiger partial charge in [-0.25, -0.2) is 0 Å². The zero-order chi connectivity index (χ0) is 12.6. The van der Waals surface area contributed by atoms with Crippen LogP contribution in [0.1, 0.15) is 35.7 Å². The second-order valence-corrected chi connectivity index (χ2v) is 6.34. The molecule has 3 N–H and O–H groups in total. The van der Waals surface area contributed by atoms with Gasteiger partial charge in [0.05, 0.1) is 12.0 Å². The van der Waals surface area contributed by atoms with Crippen LogP contribution >= 0.6 is 11.3 Å². The molecular weight excluding hydrogens is 248 g/mol. The minimum Gasteiger partial charge on any atom is -0.481 e. The SMILES string of the molecule is O=C(O)CC1(NC2CCCc3sccc32)CNC1. The summed E-state index contributed by atoms with van der Waals surface area (Å²) in [6, 6.07) is 2.53. The standard InChI is InChI=1S/C13H18N2O2S/c16-12(17)6-13(7-14-8-13)15-10-2-1-3-11-9(10)4-5-18-11/h4-5,10,14-15H,1-3,6-8H2,(H,16,17). The lowest BCUT2D eigenvalue weighted by atomic mass is 9.84. The number of rotatable bonds is 4. The molecule has 1 aliphatic heterocycles. The van der Waals surface area contributed by atoms with Crippen LogP contribution in [0, 0.1) is 0 Å². The Balaban J connectivity index is 1.75. The molecule has 0 spiro atoms. The zero-order valence-corrected chi connectivity index (χ0v) is 11.1. The first-order valence-corrected chi connectivity index (χ1v) is 7.33. The maximum absolute atomic E-state index is 11.0. The molecule has 4 nitrogen and oxygen atoms in total. The summed E-state index contributed by atoms with van der Waals surface area (Å²) >= 11 is 1.82. The first-order valence-electron chi connectivity index (χ1n) is 6.45. The maximum atomic E-state index is 11.0. The Bertz CT molecular complexity index is 454. The van der Waals surface area contributed by atoms with Gasteiger partial charge in [-0.3, -0.25) is 4.79 Å². The summed E-state index contributed by atoms with van der Waals surface area (Å²) in [5, 5.41) is 18.0. The molecule has 1 aliphatic carbocycles. The van der Waals surface area contributed by atoms with Gasteiger partial charge in [0.25, 0.3) is 0 Å². The number of nitrogens with one attached hydrogen (secondary N) is 2. The van der Waals surface area contributed by atoms with E-state index in [1.807, 2.05) is 11.3 Å². The van der Waals surface area contributed by atoms with Crippen molar-refractivity contribution in [2.45, 2.75) is 37.3 Å². The van der Waals surface area contributed by atoms with Crippen molar-refractivity contribution in [3.8, 4) is 0 Å². The zero-order valence-electron chi connectivity index (χ0n) is 10.2. The van der Waals surface area contributed by atoms with Gasteiger partial charge in [0, 0.05) is 24.0 Å². The van der Waals surface area contributed by atoms with Crippen molar-refractivity contribution in [3.05, 3.63) is 21.9 Å². The lowest BCUT2D eigenvalue weighted by Crippen LogP contribution is -2.69. The van der Waals surface area contributed by atoms with E-state index in [-0.39, 0.29) is 12.0 Å². The van der Waals surface area contributed by atoms with E-state index in [0.717, 1.165) is 19.5 Å². The molecule has 1 aromatic heterocycles. The summed E-state index contributed by atoms with van der Waals surface area (Å²) in [6.45, 7) is 1.52. The summed E-state index contributed by atoms with van der Waals surface area (Å²) in [5.41, 5.74) is 1.15. The van der Waals surface area contributed by atoms with Crippen LogP contribution < -0.4 is 10.6 Å². The van der Waals surface area contributed by atoms with Gasteiger partial charge in [-0.1, -0.05) is 0 Å². The Morgan fingerprint density at radius 1 is 1.61 bits per heavy atom. The first kappa shape index (κ1) is 12.1. The third-order valence-corrected chi connectivity index (χ3v) is 4.95. The Morgan fingerprint density at radius 3 is 3.11 bits per heavy atom. The van der Waals surface area contributed by atoms with E-state index in [0.29, 0.717) is 6.04 Å². The van der Waals surface area contributed by atoms with Gasteiger partial charge in [0.15, 0.2) is 0 Å². The van der Waals surface area contributed by atoms with Crippen LogP contribution in [-0.2, 0) is 11.2 Å². The summed E-state index contributed by atoms with van der Waals surface area (Å²) < 4.78 is 0. The van der Waals surface area contributed by atoms with E-state index in [2.05, 4.69) is 22.1 Å². The number of carbonyl (C=O) groups is 1. The van der Waals surface area contributed by atoms with Crippen LogP contribution in [0.2, 0.25) is 0 Å². The molecule has 1 fully saturated rings. The van der Waals surface area contributed by atoms with E-state index in [1.54, 1.807) is 0 Å². The number of hydrogen-bond acceptors (Lipinski definition) is 4. The minimum absolute atomic E-state index is 0.204. The molecule has 1 saturated heterocycles. The fourth-order valence-electron chi connectivity index (χ4n) is 3.00. The summed E-state index contributed by atoms with van der Waals surface area (Å²) in [4.78, 5) is 12.4. The van der Waals surface area contributed by atoms with Crippen molar-refractivity contribution in [1.29, 1.82) is 0 Å². The number of carboxylic acids is 1. The van der Waals surface area contributed by atoms with Crippen molar-refractivity contribution in [2.24, 2.45) is 0 Å². The lowest BCUT2D eigenvalue weighted by molar-refractivity contribution is -0.139. The van der Waals surface area contributed by atoms with Crippen LogP contribution in [0.3, 0.4) is 0 Å². The van der Waals surface area contributed by atoms with Crippen LogP contribution in [0.4, 0.5) is 0 Å². The highest BCUT2D eigenvalue weighted by Gasteiger charge is 2.41. The quantitative estimate of drug-likeness (QED) is 0.773. The van der Waals surface area contributed by atoms with Crippen molar-refractivity contribution >= 4 is 17.3 Å². The highest BCUT2D eigenvalue weighted by molar-refractivity contribution is 7.10. The second kappa shape index (κ2) is 4.64. The second-order valence-electron chi connectivity index (χ2n) is 5.34. The number of carboxylic acid groups (broad SMARTS) is 1. The summed E-state index contributed by atoms with van der Waals surface area (Å²) in [7, 11) is 0. The molecule has 2 aliphatic rings. The lowest BCUT2D eigenvalue weighted by Gasteiger charge is -2.45. The van der Waals surface area contributed by atoms with Crippen LogP contribution in [-0.4, -0.2) is 29.7 Å². The highest BCUT2D eigenvalue weighted by Crippen LogP contribution is 2.35. The predicted molar refractivity (Wildman–Crippen MR) is 71.0 cm³/mol. The number of hydrogen-bond donors (Lipinski definition) is 3. The Kier molecular flexibility index (Phi) is 3.13. The van der Waals surface area contributed by atoms with Gasteiger partial charge in [-0.15, -0.1) is 11.3 Å². The Morgan fingerprint density at radius 2 is 2.44 bits per heavy atom. The van der Waals surface area contributed by atoms with Gasteiger partial charge < -0.3 is 15.7 Å². The number of aryl methyl sites for hydroxylation is 1. The molecule has 18 heavy (non-hydrogen) atoms. The smallest absolute Gasteiger partial charge is 0.305 e. The largest absolute Gasteiger partial charge is 0.481 e. The fraction of sp³-hybridized carbons (Fsp3) is 0.615. The van der Waals surface area contributed by atoms with Crippen LogP contribution in [0.25, 0.3) is 0 Å². The van der Waals surface area contributed by atoms with Gasteiger partial charge in [0.1, 0.15) is 0 Å². The third-order valence-electron chi connectivity index (χ3n) is 3.95. The molecule has 0 radical (unpaired) electrons. The molecule has 0 saturated carbocycles. The molecule has 1 atom stereocenters. The topological polar surface area (TPSA) is 61.4 Å². The van der Waals surface area contributed by atoms with Crippen LogP contribution in [0.15, 0.2) is 11.4 Å². The average Bonchev–Trinajstić information content (AvgIpc) is 2.74. The Labute approximate surface area is 110 Å². The minimum atomic E-state index is -0.717. The normalized spacial score (nSPS) is 25.2. The summed E-state index contributed by atoms with van der Waals surface area (Å²) in [5.74, 6) is -0.717. The molecule has 5 heteroatoms. The predicted octanol–water partition coefficient (Wildman–Crippen LogP) is 1.53. The molecule has 1 aromatic rings. The van der Waals surface area contributed by atoms with Gasteiger partial charge in [0.2, 0.25) is 0 Å². The molecule has 1 unspecified atom stereocenters. The summed E-state index contributed by atoms with van der Waals surface area (Å²) in [6.07, 6.45) is 3.69. The molecule has 2 heterocycles. The van der Waals surface area contributed by atoms with Crippen molar-refractivity contribution < 1.29 is 9.90 Å². The number of aliphatic carboxylic acids is 1. The Hall–Kier alpha value is -0.910. The van der Waals surface area contributed by atoms with E-state index in [9.17, 15) is 4.79 Å². The van der Waals surface area contributed by atoms with Crippen molar-refractivity contribution in [2.75, 3.05) is 13.1 Å². The first-order chi connectivity index (χ1) is 8.69. The van der Waals surface area contributed by atoms with Gasteiger partial charge in [-0.2, -0.15) is 0 Å². The number of fused-ring (bicyclic) bond motifs is 1. The molecule has 98 valence electrons. The van der Waals surface area contributed by atoms with E-state index < -0.39 is 5.97 Å². The third kappa shape index (κ3) is 2.18. The van der Waals surface area contributed by atoms with Gasteiger partial charge in [-0.05, 0) is 36.3 Å². The van der Waals surface area contributed by atoms with E-state index in [1.165, 1.54) is 23.3 Å². The molecular formula is C13H18N2O2S. The average molecular weight is 266 g/mol. The molecule has 0 amide bonds. The monoisotopic (exact) mass is 266 g/mol. The fourth-order valence-corrected chi connectivity index (χ4v) is 3.99. The number of thiophene rings is 1. The van der Waals surface area contributed by atoms with Crippen molar-refractivity contribution in [1.82, 2.24) is 10.6 Å². The highest BCUT2D eigenvalue weighted by atomic mass is 32.1. The van der Waals surface area contributed by atoms with E-state index in [4.69, 9.17) is 5.11 Å².